The first kappa shape index (κ1) is 22.5. The Morgan fingerprint density at radius 1 is 1.37 bits per heavy atom. The Balaban J connectivity index is 0.00000128. The molecular weight excluding hydrogens is 434 g/mol. The molecule has 2 aromatic heterocycles. The quantitative estimate of drug-likeness (QED) is 0.467. The van der Waals surface area contributed by atoms with E-state index in [-0.39, 0.29) is 35.8 Å². The Morgan fingerprint density at radius 2 is 2.23 bits per heavy atom. The molecule has 2 saturated heterocycles. The number of ether oxygens (including phenoxy) is 1. The second-order valence-corrected chi connectivity index (χ2v) is 7.52. The minimum absolute atomic E-state index is 0. The van der Waals surface area contributed by atoms with Crippen molar-refractivity contribution in [1.29, 1.82) is 0 Å². The highest BCUT2D eigenvalue weighted by Crippen LogP contribution is 2.39. The van der Waals surface area contributed by atoms with Gasteiger partial charge in [-0.15, -0.1) is 24.8 Å². The van der Waals surface area contributed by atoms with Crippen LogP contribution in [-0.4, -0.2) is 58.7 Å². The number of rotatable bonds is 5. The summed E-state index contributed by atoms with van der Waals surface area (Å²) in [4.78, 5) is 27.3. The van der Waals surface area contributed by atoms with Crippen LogP contribution in [-0.2, 0) is 16.6 Å². The summed E-state index contributed by atoms with van der Waals surface area (Å²) in [7, 11) is 0. The molecule has 5 rings (SSSR count). The maximum absolute atomic E-state index is 14.6. The van der Waals surface area contributed by atoms with Gasteiger partial charge in [-0.3, -0.25) is 4.79 Å². The SMILES string of the molecule is Cl.Cl.O=C(NCCc1cnc[nH]1)c1cc2nc([C@]34CNC[C@H]3COC4)[nH]c2cc1F. The van der Waals surface area contributed by atoms with Crippen LogP contribution in [0, 0.1) is 11.7 Å². The second kappa shape index (κ2) is 8.89. The van der Waals surface area contributed by atoms with Crippen LogP contribution in [0.2, 0.25) is 0 Å². The molecule has 8 nitrogen and oxygen atoms in total. The molecule has 4 heterocycles. The van der Waals surface area contributed by atoms with Crippen LogP contribution in [0.3, 0.4) is 0 Å². The Kier molecular flexibility index (Phi) is 6.66. The normalized spacial score (nSPS) is 22.4. The molecule has 4 N–H and O–H groups in total. The summed E-state index contributed by atoms with van der Waals surface area (Å²) < 4.78 is 20.2. The van der Waals surface area contributed by atoms with Crippen LogP contribution in [0.4, 0.5) is 4.39 Å². The van der Waals surface area contributed by atoms with E-state index in [4.69, 9.17) is 9.72 Å². The molecule has 1 amide bonds. The number of nitrogens with zero attached hydrogens (tertiary/aromatic N) is 2. The van der Waals surface area contributed by atoms with Crippen molar-refractivity contribution in [3.63, 3.8) is 0 Å². The van der Waals surface area contributed by atoms with Gasteiger partial charge >= 0.3 is 0 Å². The minimum atomic E-state index is -0.567. The number of benzene rings is 1. The third-order valence-corrected chi connectivity index (χ3v) is 5.81. The summed E-state index contributed by atoms with van der Waals surface area (Å²) in [6, 6.07) is 2.86. The lowest BCUT2D eigenvalue weighted by atomic mass is 9.80. The number of amides is 1. The van der Waals surface area contributed by atoms with Crippen molar-refractivity contribution in [2.75, 3.05) is 32.8 Å². The van der Waals surface area contributed by atoms with Gasteiger partial charge in [0.1, 0.15) is 11.6 Å². The Hall–Kier alpha value is -2.20. The number of aromatic amines is 2. The van der Waals surface area contributed by atoms with Crippen molar-refractivity contribution in [1.82, 2.24) is 30.6 Å². The van der Waals surface area contributed by atoms with Gasteiger partial charge in [0, 0.05) is 49.9 Å². The van der Waals surface area contributed by atoms with Crippen molar-refractivity contribution in [3.05, 3.63) is 47.6 Å². The van der Waals surface area contributed by atoms with Crippen molar-refractivity contribution in [2.24, 2.45) is 5.92 Å². The second-order valence-electron chi connectivity index (χ2n) is 7.52. The summed E-state index contributed by atoms with van der Waals surface area (Å²) >= 11 is 0. The molecule has 0 radical (unpaired) electrons. The Morgan fingerprint density at radius 3 is 3.03 bits per heavy atom. The van der Waals surface area contributed by atoms with E-state index in [1.807, 2.05) is 0 Å². The van der Waals surface area contributed by atoms with Crippen LogP contribution >= 0.6 is 24.8 Å². The van der Waals surface area contributed by atoms with Gasteiger partial charge in [-0.05, 0) is 6.07 Å². The lowest BCUT2D eigenvalue weighted by molar-refractivity contribution is 0.0950. The van der Waals surface area contributed by atoms with Crippen LogP contribution in [0.5, 0.6) is 0 Å². The van der Waals surface area contributed by atoms with Gasteiger partial charge in [0.15, 0.2) is 0 Å². The molecule has 0 saturated carbocycles. The van der Waals surface area contributed by atoms with Gasteiger partial charge < -0.3 is 25.3 Å². The van der Waals surface area contributed by atoms with Gasteiger partial charge in [0.2, 0.25) is 0 Å². The summed E-state index contributed by atoms with van der Waals surface area (Å²) in [5.74, 6) is 0.128. The average molecular weight is 457 g/mol. The van der Waals surface area contributed by atoms with Crippen molar-refractivity contribution in [3.8, 4) is 0 Å². The fourth-order valence-corrected chi connectivity index (χ4v) is 4.19. The first-order chi connectivity index (χ1) is 13.7. The molecule has 0 aliphatic carbocycles. The number of fused-ring (bicyclic) bond motifs is 2. The molecule has 1 aromatic carbocycles. The third-order valence-electron chi connectivity index (χ3n) is 5.81. The molecule has 30 heavy (non-hydrogen) atoms. The van der Waals surface area contributed by atoms with E-state index >= 15 is 0 Å². The van der Waals surface area contributed by atoms with E-state index in [0.717, 1.165) is 24.6 Å². The number of hydrogen-bond acceptors (Lipinski definition) is 5. The number of halogens is 3. The number of carbonyl (C=O) groups excluding carboxylic acids is 1. The molecular formula is C19H23Cl2FN6O2. The van der Waals surface area contributed by atoms with Crippen molar-refractivity contribution >= 4 is 41.8 Å². The molecule has 3 aromatic rings. The number of nitrogens with one attached hydrogen (secondary N) is 4. The van der Waals surface area contributed by atoms with E-state index in [1.54, 1.807) is 12.5 Å². The topological polar surface area (TPSA) is 108 Å². The molecule has 11 heteroatoms. The first-order valence-corrected chi connectivity index (χ1v) is 9.39. The number of hydrogen-bond donors (Lipinski definition) is 4. The third kappa shape index (κ3) is 3.78. The summed E-state index contributed by atoms with van der Waals surface area (Å²) in [6.07, 6.45) is 3.87. The van der Waals surface area contributed by atoms with Gasteiger partial charge in [0.25, 0.3) is 5.91 Å². The van der Waals surface area contributed by atoms with Gasteiger partial charge in [-0.25, -0.2) is 14.4 Å². The summed E-state index contributed by atoms with van der Waals surface area (Å²) in [5.41, 5.74) is 1.87. The highest BCUT2D eigenvalue weighted by molar-refractivity contribution is 5.97. The number of carbonyl (C=O) groups is 1. The molecule has 0 unspecified atom stereocenters. The predicted octanol–water partition coefficient (Wildman–Crippen LogP) is 1.73. The van der Waals surface area contributed by atoms with E-state index in [1.165, 1.54) is 12.1 Å². The molecule has 2 aliphatic heterocycles. The van der Waals surface area contributed by atoms with Crippen LogP contribution in [0.15, 0.2) is 24.7 Å². The van der Waals surface area contributed by atoms with Crippen molar-refractivity contribution < 1.29 is 13.9 Å². The van der Waals surface area contributed by atoms with Crippen LogP contribution < -0.4 is 10.6 Å². The predicted molar refractivity (Wildman–Crippen MR) is 114 cm³/mol. The van der Waals surface area contributed by atoms with Gasteiger partial charge in [-0.2, -0.15) is 0 Å². The fraction of sp³-hybridized carbons (Fsp3) is 0.421. The largest absolute Gasteiger partial charge is 0.380 e. The Bertz CT molecular complexity index is 1020. The smallest absolute Gasteiger partial charge is 0.254 e. The standard InChI is InChI=1S/C19H21FN6O2.2ClH/c20-14-4-16-15(3-13(14)17(27)23-2-1-12-6-22-10-24-12)25-18(26-16)19-8-21-5-11(19)7-28-9-19;;/h3-4,6,10-11,21H,1-2,5,7-9H2,(H,22,24)(H,23,27)(H,25,26);2*1H/t11-,19-;;/m0../s1. The van der Waals surface area contributed by atoms with Crippen molar-refractivity contribution in [2.45, 2.75) is 11.8 Å². The van der Waals surface area contributed by atoms with E-state index < -0.39 is 11.7 Å². The lowest BCUT2D eigenvalue weighted by Crippen LogP contribution is -2.35. The first-order valence-electron chi connectivity index (χ1n) is 9.39. The molecule has 0 bridgehead atoms. The average Bonchev–Trinajstić information content (AvgIpc) is 3.43. The zero-order valence-electron chi connectivity index (χ0n) is 16.0. The monoisotopic (exact) mass is 456 g/mol. The maximum atomic E-state index is 14.6. The highest BCUT2D eigenvalue weighted by atomic mass is 35.5. The fourth-order valence-electron chi connectivity index (χ4n) is 4.19. The number of imidazole rings is 2. The summed E-state index contributed by atoms with van der Waals surface area (Å²) in [5, 5.41) is 6.14. The molecule has 0 spiro atoms. The van der Waals surface area contributed by atoms with E-state index in [2.05, 4.69) is 25.6 Å². The highest BCUT2D eigenvalue weighted by Gasteiger charge is 2.50. The minimum Gasteiger partial charge on any atom is -0.380 e. The van der Waals surface area contributed by atoms with Crippen LogP contribution in [0.25, 0.3) is 11.0 Å². The summed E-state index contributed by atoms with van der Waals surface area (Å²) in [6.45, 7) is 3.34. The number of H-pyrrole nitrogens is 2. The lowest BCUT2D eigenvalue weighted by Gasteiger charge is -2.23. The Labute approximate surface area is 184 Å². The molecule has 2 atom stereocenters. The molecule has 2 fully saturated rings. The van der Waals surface area contributed by atoms with Gasteiger partial charge in [-0.1, -0.05) is 0 Å². The molecule has 162 valence electrons. The van der Waals surface area contributed by atoms with E-state index in [0.29, 0.717) is 43.1 Å². The zero-order chi connectivity index (χ0) is 19.1. The van der Waals surface area contributed by atoms with E-state index in [9.17, 15) is 9.18 Å². The zero-order valence-corrected chi connectivity index (χ0v) is 17.7. The van der Waals surface area contributed by atoms with Gasteiger partial charge in [0.05, 0.1) is 41.6 Å². The number of aromatic nitrogens is 4. The maximum Gasteiger partial charge on any atom is 0.254 e. The molecule has 2 aliphatic rings. The van der Waals surface area contributed by atoms with Crippen LogP contribution in [0.1, 0.15) is 21.9 Å².